The maximum Gasteiger partial charge on any atom is 0.394 e. The van der Waals surface area contributed by atoms with Crippen molar-refractivity contribution in [2.24, 2.45) is 5.92 Å². The number of benzene rings is 1. The molecule has 0 saturated carbocycles. The fraction of sp³-hybridized carbons (Fsp3) is 0.600. The van der Waals surface area contributed by atoms with Gasteiger partial charge in [0.05, 0.1) is 5.92 Å². The fourth-order valence-electron chi connectivity index (χ4n) is 2.64. The largest absolute Gasteiger partial charge is 0.394 e. The second-order valence-corrected chi connectivity index (χ2v) is 5.48. The number of halogens is 3. The van der Waals surface area contributed by atoms with Crippen LogP contribution in [0.3, 0.4) is 0 Å². The van der Waals surface area contributed by atoms with E-state index in [4.69, 9.17) is 0 Å². The van der Waals surface area contributed by atoms with E-state index in [2.05, 4.69) is 5.32 Å². The predicted octanol–water partition coefficient (Wildman–Crippen LogP) is 2.70. The number of nitrogens with one attached hydrogen (secondary N) is 1. The van der Waals surface area contributed by atoms with E-state index in [0.29, 0.717) is 13.1 Å². The number of hydrogen-bond acceptors (Lipinski definition) is 2. The molecule has 0 bridgehead atoms. The van der Waals surface area contributed by atoms with E-state index in [0.717, 1.165) is 6.42 Å². The molecular weight excluding hydrogens is 265 g/mol. The maximum absolute atomic E-state index is 12.9. The Labute approximate surface area is 118 Å². The van der Waals surface area contributed by atoms with Crippen LogP contribution in [0.4, 0.5) is 13.2 Å². The van der Waals surface area contributed by atoms with E-state index in [-0.39, 0.29) is 19.1 Å². The summed E-state index contributed by atoms with van der Waals surface area (Å²) >= 11 is 0. The molecule has 2 nitrogen and oxygen atoms in total. The van der Waals surface area contributed by atoms with Crippen molar-refractivity contribution in [3.05, 3.63) is 35.9 Å². The molecule has 1 aliphatic heterocycles. The Balaban J connectivity index is 1.99. The van der Waals surface area contributed by atoms with Crippen molar-refractivity contribution in [2.75, 3.05) is 26.2 Å². The molecule has 1 aromatic carbocycles. The van der Waals surface area contributed by atoms with Crippen LogP contribution in [0.5, 0.6) is 0 Å². The van der Waals surface area contributed by atoms with E-state index in [1.165, 1.54) is 5.56 Å². The Bertz CT molecular complexity index is 405. The topological polar surface area (TPSA) is 15.3 Å². The Morgan fingerprint density at radius 1 is 1.30 bits per heavy atom. The van der Waals surface area contributed by atoms with Crippen LogP contribution in [-0.4, -0.2) is 43.3 Å². The lowest BCUT2D eigenvalue weighted by atomic mass is 10.0. The molecule has 1 N–H and O–H groups in total. The highest BCUT2D eigenvalue weighted by Gasteiger charge is 2.41. The summed E-state index contributed by atoms with van der Waals surface area (Å²) < 4.78 is 38.8. The lowest BCUT2D eigenvalue weighted by Crippen LogP contribution is -2.42. The highest BCUT2D eigenvalue weighted by Crippen LogP contribution is 2.28. The van der Waals surface area contributed by atoms with E-state index >= 15 is 0 Å². The Morgan fingerprint density at radius 3 is 2.65 bits per heavy atom. The Morgan fingerprint density at radius 2 is 2.00 bits per heavy atom. The first-order chi connectivity index (χ1) is 9.47. The van der Waals surface area contributed by atoms with Gasteiger partial charge < -0.3 is 5.32 Å². The molecule has 5 heteroatoms. The van der Waals surface area contributed by atoms with Gasteiger partial charge in [-0.2, -0.15) is 13.2 Å². The normalized spacial score (nSPS) is 23.3. The van der Waals surface area contributed by atoms with Crippen molar-refractivity contribution in [2.45, 2.75) is 25.6 Å². The van der Waals surface area contributed by atoms with Crippen LogP contribution >= 0.6 is 0 Å². The molecule has 0 radical (unpaired) electrons. The third-order valence-corrected chi connectivity index (χ3v) is 3.88. The van der Waals surface area contributed by atoms with E-state index < -0.39 is 12.1 Å². The van der Waals surface area contributed by atoms with Gasteiger partial charge in [0.15, 0.2) is 0 Å². The fourth-order valence-corrected chi connectivity index (χ4v) is 2.64. The summed E-state index contributed by atoms with van der Waals surface area (Å²) in [6.45, 7) is 3.40. The van der Waals surface area contributed by atoms with Gasteiger partial charge in [0.2, 0.25) is 0 Å². The van der Waals surface area contributed by atoms with Gasteiger partial charge in [-0.1, -0.05) is 30.3 Å². The molecule has 2 rings (SSSR count). The van der Waals surface area contributed by atoms with Crippen molar-refractivity contribution in [1.82, 2.24) is 10.2 Å². The second-order valence-electron chi connectivity index (χ2n) is 5.48. The molecular formula is C15H21F3N2. The van der Waals surface area contributed by atoms with Gasteiger partial charge in [-0.25, -0.2) is 0 Å². The highest BCUT2D eigenvalue weighted by molar-refractivity contribution is 5.15. The molecule has 112 valence electrons. The van der Waals surface area contributed by atoms with E-state index in [9.17, 15) is 13.2 Å². The van der Waals surface area contributed by atoms with Crippen LogP contribution in [0, 0.1) is 5.92 Å². The molecule has 1 saturated heterocycles. The van der Waals surface area contributed by atoms with Crippen LogP contribution in [0.2, 0.25) is 0 Å². The lowest BCUT2D eigenvalue weighted by Gasteiger charge is -2.30. The maximum atomic E-state index is 12.9. The van der Waals surface area contributed by atoms with Crippen LogP contribution in [0.1, 0.15) is 12.5 Å². The molecule has 1 aliphatic rings. The number of nitrogens with zero attached hydrogens (tertiary/aromatic N) is 1. The first-order valence-electron chi connectivity index (χ1n) is 7.02. The van der Waals surface area contributed by atoms with Gasteiger partial charge in [-0.15, -0.1) is 0 Å². The summed E-state index contributed by atoms with van der Waals surface area (Å²) in [4.78, 5) is 1.95. The smallest absolute Gasteiger partial charge is 0.315 e. The molecule has 1 aromatic rings. The molecule has 2 unspecified atom stereocenters. The van der Waals surface area contributed by atoms with Crippen molar-refractivity contribution in [1.29, 1.82) is 0 Å². The van der Waals surface area contributed by atoms with Crippen LogP contribution < -0.4 is 5.32 Å². The minimum atomic E-state index is -4.12. The minimum Gasteiger partial charge on any atom is -0.315 e. The van der Waals surface area contributed by atoms with Gasteiger partial charge in [0.25, 0.3) is 0 Å². The SMILES string of the molecule is CC(Cc1ccccc1)N1CCNCC(C(F)(F)F)C1. The van der Waals surface area contributed by atoms with Gasteiger partial charge in [0.1, 0.15) is 0 Å². The van der Waals surface area contributed by atoms with Crippen LogP contribution in [-0.2, 0) is 6.42 Å². The monoisotopic (exact) mass is 286 g/mol. The molecule has 0 spiro atoms. The Hall–Kier alpha value is -1.07. The third kappa shape index (κ3) is 4.21. The van der Waals surface area contributed by atoms with Crippen molar-refractivity contribution < 1.29 is 13.2 Å². The van der Waals surface area contributed by atoms with Gasteiger partial charge >= 0.3 is 6.18 Å². The molecule has 1 heterocycles. The van der Waals surface area contributed by atoms with Gasteiger partial charge in [0, 0.05) is 32.2 Å². The summed E-state index contributed by atoms with van der Waals surface area (Å²) in [5.41, 5.74) is 1.17. The van der Waals surface area contributed by atoms with E-state index in [1.54, 1.807) is 0 Å². The van der Waals surface area contributed by atoms with Gasteiger partial charge in [-0.05, 0) is 18.9 Å². The average molecular weight is 286 g/mol. The Kier molecular flexibility index (Phi) is 5.05. The molecule has 0 aromatic heterocycles. The first kappa shape index (κ1) is 15.3. The highest BCUT2D eigenvalue weighted by atomic mass is 19.4. The van der Waals surface area contributed by atoms with Crippen LogP contribution in [0.15, 0.2) is 30.3 Å². The number of rotatable bonds is 3. The van der Waals surface area contributed by atoms with E-state index in [1.807, 2.05) is 42.2 Å². The summed E-state index contributed by atoms with van der Waals surface area (Å²) in [7, 11) is 0. The minimum absolute atomic E-state index is 0.0259. The lowest BCUT2D eigenvalue weighted by molar-refractivity contribution is -0.176. The standard InChI is InChI=1S/C15H21F3N2/c1-12(9-13-5-3-2-4-6-13)20-8-7-19-10-14(11-20)15(16,17)18/h2-6,12,14,19H,7-11H2,1H3. The summed E-state index contributed by atoms with van der Waals surface area (Å²) in [6.07, 6.45) is -3.34. The van der Waals surface area contributed by atoms with Crippen LogP contribution in [0.25, 0.3) is 0 Å². The third-order valence-electron chi connectivity index (χ3n) is 3.88. The number of alkyl halides is 3. The summed E-state index contributed by atoms with van der Waals surface area (Å²) in [5, 5.41) is 2.89. The summed E-state index contributed by atoms with van der Waals surface area (Å²) in [5.74, 6) is -1.27. The molecule has 1 fully saturated rings. The number of hydrogen-bond donors (Lipinski definition) is 1. The molecule has 20 heavy (non-hydrogen) atoms. The first-order valence-corrected chi connectivity index (χ1v) is 7.02. The predicted molar refractivity (Wildman–Crippen MR) is 73.6 cm³/mol. The average Bonchev–Trinajstić information content (AvgIpc) is 2.65. The van der Waals surface area contributed by atoms with Crippen molar-refractivity contribution in [3.8, 4) is 0 Å². The second kappa shape index (κ2) is 6.59. The summed E-state index contributed by atoms with van der Waals surface area (Å²) in [6, 6.07) is 10.0. The quantitative estimate of drug-likeness (QED) is 0.919. The zero-order chi connectivity index (χ0) is 14.6. The molecule has 2 atom stereocenters. The zero-order valence-corrected chi connectivity index (χ0v) is 11.7. The zero-order valence-electron chi connectivity index (χ0n) is 11.7. The molecule has 0 aliphatic carbocycles. The van der Waals surface area contributed by atoms with Crippen molar-refractivity contribution in [3.63, 3.8) is 0 Å². The van der Waals surface area contributed by atoms with Crippen molar-refractivity contribution >= 4 is 0 Å². The molecule has 0 amide bonds. The van der Waals surface area contributed by atoms with Gasteiger partial charge in [-0.3, -0.25) is 4.90 Å².